The molecule has 4 unspecified atom stereocenters. The predicted molar refractivity (Wildman–Crippen MR) is 99.2 cm³/mol. The number of rotatable bonds is 8. The van der Waals surface area contributed by atoms with Crippen LogP contribution in [0.5, 0.6) is 0 Å². The van der Waals surface area contributed by atoms with E-state index in [1.807, 2.05) is 6.92 Å². The fraction of sp³-hybridized carbons (Fsp3) is 0.944. The first-order chi connectivity index (χ1) is 13.6. The van der Waals surface area contributed by atoms with Gasteiger partial charge in [0.1, 0.15) is 36.6 Å². The number of carbonyl (C=O) groups excluding carboxylic acids is 1. The van der Waals surface area contributed by atoms with Gasteiger partial charge in [-0.25, -0.2) is 0 Å². The van der Waals surface area contributed by atoms with Crippen molar-refractivity contribution in [3.8, 4) is 0 Å². The van der Waals surface area contributed by atoms with Gasteiger partial charge in [-0.1, -0.05) is 13.3 Å². The van der Waals surface area contributed by atoms with E-state index in [4.69, 9.17) is 20.9 Å². The molecule has 1 saturated carbocycles. The summed E-state index contributed by atoms with van der Waals surface area (Å²) in [5, 5.41) is 59.9. The number of carbonyl (C=O) groups is 1. The quantitative estimate of drug-likeness (QED) is 0.191. The standard InChI is InChI=1S/C18H34N2O9/c1-2-3-9(22)10(23)5-7-4-8(19)17(16(27)13(7)24)29-18-12(20)15(26)14(25)11(6-21)28-18/h7-9,11-18,21-22,24-27H,2-6,19-20H2,1H3/t7-,8?,9-,11?,12?,13?,14+,15+,16+,17+,18+/m0/s1. The van der Waals surface area contributed by atoms with Crippen molar-refractivity contribution < 1.29 is 44.9 Å². The van der Waals surface area contributed by atoms with Gasteiger partial charge in [-0.15, -0.1) is 0 Å². The molecule has 2 rings (SSSR count). The Balaban J connectivity index is 2.02. The van der Waals surface area contributed by atoms with E-state index in [1.165, 1.54) is 0 Å². The van der Waals surface area contributed by atoms with E-state index < -0.39 is 79.4 Å². The summed E-state index contributed by atoms with van der Waals surface area (Å²) < 4.78 is 11.0. The highest BCUT2D eigenvalue weighted by molar-refractivity contribution is 5.83. The summed E-state index contributed by atoms with van der Waals surface area (Å²) in [4.78, 5) is 12.1. The molecule has 1 saturated heterocycles. The first-order valence-corrected chi connectivity index (χ1v) is 9.98. The lowest BCUT2D eigenvalue weighted by Gasteiger charge is -2.46. The molecule has 0 aromatic heterocycles. The van der Waals surface area contributed by atoms with Crippen molar-refractivity contribution in [3.05, 3.63) is 0 Å². The molecule has 11 heteroatoms. The van der Waals surface area contributed by atoms with Crippen LogP contribution in [0.4, 0.5) is 0 Å². The highest BCUT2D eigenvalue weighted by Gasteiger charge is 2.48. The van der Waals surface area contributed by atoms with Gasteiger partial charge in [-0.3, -0.25) is 4.79 Å². The zero-order valence-corrected chi connectivity index (χ0v) is 16.4. The van der Waals surface area contributed by atoms with E-state index in [0.29, 0.717) is 12.8 Å². The first-order valence-electron chi connectivity index (χ1n) is 9.98. The molecule has 0 aromatic carbocycles. The van der Waals surface area contributed by atoms with Gasteiger partial charge in [0.05, 0.1) is 18.8 Å². The molecular formula is C18H34N2O9. The minimum Gasteiger partial charge on any atom is -0.394 e. The van der Waals surface area contributed by atoms with Crippen LogP contribution in [0.15, 0.2) is 0 Å². The third-order valence-electron chi connectivity index (χ3n) is 5.78. The predicted octanol–water partition coefficient (Wildman–Crippen LogP) is -3.67. The molecule has 2 fully saturated rings. The topological polar surface area (TPSA) is 209 Å². The van der Waals surface area contributed by atoms with Gasteiger partial charge in [0.2, 0.25) is 0 Å². The van der Waals surface area contributed by atoms with Crippen LogP contribution in [0.1, 0.15) is 32.6 Å². The van der Waals surface area contributed by atoms with E-state index in [1.54, 1.807) is 0 Å². The molecule has 1 heterocycles. The molecule has 0 aromatic rings. The monoisotopic (exact) mass is 422 g/mol. The Morgan fingerprint density at radius 3 is 2.38 bits per heavy atom. The molecule has 1 aliphatic heterocycles. The van der Waals surface area contributed by atoms with Gasteiger partial charge >= 0.3 is 0 Å². The van der Waals surface area contributed by atoms with E-state index >= 15 is 0 Å². The zero-order chi connectivity index (χ0) is 21.9. The summed E-state index contributed by atoms with van der Waals surface area (Å²) in [7, 11) is 0. The highest BCUT2D eigenvalue weighted by atomic mass is 16.7. The van der Waals surface area contributed by atoms with Gasteiger partial charge in [0.15, 0.2) is 12.1 Å². The molecular weight excluding hydrogens is 388 g/mol. The first kappa shape index (κ1) is 24.5. The Labute approximate surface area is 169 Å². The van der Waals surface area contributed by atoms with E-state index in [9.17, 15) is 35.4 Å². The minimum atomic E-state index is -1.47. The van der Waals surface area contributed by atoms with Gasteiger partial charge in [0.25, 0.3) is 0 Å². The summed E-state index contributed by atoms with van der Waals surface area (Å²) in [6.45, 7) is 1.25. The van der Waals surface area contributed by atoms with Gasteiger partial charge in [-0.2, -0.15) is 0 Å². The molecule has 0 spiro atoms. The average Bonchev–Trinajstić information content (AvgIpc) is 2.69. The lowest BCUT2D eigenvalue weighted by Crippen LogP contribution is -2.66. The van der Waals surface area contributed by atoms with Gasteiger partial charge in [-0.05, 0) is 18.8 Å². The zero-order valence-electron chi connectivity index (χ0n) is 16.4. The number of aliphatic hydroxyl groups excluding tert-OH is 6. The number of hydrogen-bond acceptors (Lipinski definition) is 11. The van der Waals surface area contributed by atoms with Crippen molar-refractivity contribution in [2.24, 2.45) is 17.4 Å². The summed E-state index contributed by atoms with van der Waals surface area (Å²) in [5.41, 5.74) is 11.9. The SMILES string of the molecule is CCC[C@H](O)C(=O)C[C@@H]1CC(N)[C@@H](O[C@H]2OC(CO)[C@@H](O)[C@H](O)C2N)[C@H](O)C1O. The fourth-order valence-corrected chi connectivity index (χ4v) is 3.94. The Morgan fingerprint density at radius 2 is 1.79 bits per heavy atom. The Morgan fingerprint density at radius 1 is 1.14 bits per heavy atom. The molecule has 1 aliphatic carbocycles. The van der Waals surface area contributed by atoms with Crippen LogP contribution < -0.4 is 11.5 Å². The van der Waals surface area contributed by atoms with E-state index in [0.717, 1.165) is 0 Å². The maximum Gasteiger partial charge on any atom is 0.176 e. The smallest absolute Gasteiger partial charge is 0.176 e. The third-order valence-corrected chi connectivity index (χ3v) is 5.78. The molecule has 29 heavy (non-hydrogen) atoms. The lowest BCUT2D eigenvalue weighted by atomic mass is 9.76. The van der Waals surface area contributed by atoms with Crippen molar-refractivity contribution in [1.82, 2.24) is 0 Å². The van der Waals surface area contributed by atoms with Crippen molar-refractivity contribution in [3.63, 3.8) is 0 Å². The average molecular weight is 422 g/mol. The molecule has 0 radical (unpaired) electrons. The van der Waals surface area contributed by atoms with Crippen molar-refractivity contribution in [1.29, 1.82) is 0 Å². The normalized spacial score (nSPS) is 44.4. The number of ketones is 1. The third kappa shape index (κ3) is 5.50. The Hall–Kier alpha value is -0.730. The molecule has 2 aliphatic rings. The molecule has 0 bridgehead atoms. The summed E-state index contributed by atoms with van der Waals surface area (Å²) in [5.74, 6) is -1.08. The summed E-state index contributed by atoms with van der Waals surface area (Å²) in [6.07, 6.45) is -9.33. The van der Waals surface area contributed by atoms with Crippen LogP contribution >= 0.6 is 0 Å². The molecule has 10 N–H and O–H groups in total. The van der Waals surface area contributed by atoms with E-state index in [-0.39, 0.29) is 12.8 Å². The summed E-state index contributed by atoms with van der Waals surface area (Å²) >= 11 is 0. The largest absolute Gasteiger partial charge is 0.394 e. The molecule has 0 amide bonds. The fourth-order valence-electron chi connectivity index (χ4n) is 3.94. The van der Waals surface area contributed by atoms with Crippen LogP contribution in [-0.2, 0) is 14.3 Å². The van der Waals surface area contributed by atoms with Crippen LogP contribution in [-0.4, -0.2) is 104 Å². The number of nitrogens with two attached hydrogens (primary N) is 2. The van der Waals surface area contributed by atoms with Crippen molar-refractivity contribution >= 4 is 5.78 Å². The highest BCUT2D eigenvalue weighted by Crippen LogP contribution is 2.32. The van der Waals surface area contributed by atoms with Crippen molar-refractivity contribution in [2.75, 3.05) is 6.61 Å². The molecule has 11 atom stereocenters. The van der Waals surface area contributed by atoms with E-state index in [2.05, 4.69) is 0 Å². The Bertz CT molecular complexity index is 537. The minimum absolute atomic E-state index is 0.128. The van der Waals surface area contributed by atoms with Gasteiger partial charge in [0, 0.05) is 12.5 Å². The van der Waals surface area contributed by atoms with Crippen LogP contribution in [0.2, 0.25) is 0 Å². The number of ether oxygens (including phenoxy) is 2. The second kappa shape index (κ2) is 10.5. The summed E-state index contributed by atoms with van der Waals surface area (Å²) in [6, 6.07) is -1.96. The van der Waals surface area contributed by atoms with Crippen LogP contribution in [0.25, 0.3) is 0 Å². The molecule has 11 nitrogen and oxygen atoms in total. The maximum absolute atomic E-state index is 12.1. The number of Topliss-reactive ketones (excluding diaryl/α,β-unsaturated/α-hetero) is 1. The van der Waals surface area contributed by atoms with Crippen LogP contribution in [0.3, 0.4) is 0 Å². The molecule has 170 valence electrons. The lowest BCUT2D eigenvalue weighted by molar-refractivity contribution is -0.295. The number of hydrogen-bond donors (Lipinski definition) is 8. The maximum atomic E-state index is 12.1. The second-order valence-electron chi connectivity index (χ2n) is 8.00. The number of aliphatic hydroxyl groups is 6. The second-order valence-corrected chi connectivity index (χ2v) is 8.00. The van der Waals surface area contributed by atoms with Crippen molar-refractivity contribution in [2.45, 2.75) is 93.7 Å². The Kier molecular flexibility index (Phi) is 8.91. The van der Waals surface area contributed by atoms with Gasteiger partial charge < -0.3 is 51.6 Å². The van der Waals surface area contributed by atoms with Crippen LogP contribution in [0, 0.1) is 5.92 Å².